The molecule has 0 fully saturated rings. The first-order chi connectivity index (χ1) is 9.51. The van der Waals surface area contributed by atoms with Crippen LogP contribution in [0.2, 0.25) is 5.02 Å². The van der Waals surface area contributed by atoms with Crippen molar-refractivity contribution in [3.63, 3.8) is 0 Å². The quantitative estimate of drug-likeness (QED) is 0.874. The number of nitrogens with zero attached hydrogens (tertiary/aromatic N) is 1. The Labute approximate surface area is 122 Å². The summed E-state index contributed by atoms with van der Waals surface area (Å²) in [6, 6.07) is 10.3. The van der Waals surface area contributed by atoms with Gasteiger partial charge in [0.25, 0.3) is 0 Å². The number of anilines is 2. The summed E-state index contributed by atoms with van der Waals surface area (Å²) in [5.74, 6) is 0.0761. The van der Waals surface area contributed by atoms with Crippen LogP contribution in [-0.2, 0) is 6.54 Å². The Kier molecular flexibility index (Phi) is 4.35. The molecule has 2 aromatic carbocycles. The lowest BCUT2D eigenvalue weighted by Gasteiger charge is -2.21. The van der Waals surface area contributed by atoms with Crippen molar-refractivity contribution in [2.75, 3.05) is 24.8 Å². The van der Waals surface area contributed by atoms with Gasteiger partial charge in [-0.2, -0.15) is 0 Å². The van der Waals surface area contributed by atoms with E-state index in [-0.39, 0.29) is 11.5 Å². The number of benzene rings is 2. The highest BCUT2D eigenvalue weighted by atomic mass is 35.5. The summed E-state index contributed by atoms with van der Waals surface area (Å²) >= 11 is 5.94. The average Bonchev–Trinajstić information content (AvgIpc) is 2.38. The lowest BCUT2D eigenvalue weighted by molar-refractivity contribution is 0.416. The van der Waals surface area contributed by atoms with E-state index in [1.165, 1.54) is 13.2 Å². The van der Waals surface area contributed by atoms with Crippen molar-refractivity contribution in [1.29, 1.82) is 0 Å². The van der Waals surface area contributed by atoms with Gasteiger partial charge in [-0.3, -0.25) is 0 Å². The van der Waals surface area contributed by atoms with Crippen molar-refractivity contribution in [1.82, 2.24) is 0 Å². The van der Waals surface area contributed by atoms with Crippen molar-refractivity contribution in [3.05, 3.63) is 52.8 Å². The highest BCUT2D eigenvalue weighted by Gasteiger charge is 2.12. The van der Waals surface area contributed by atoms with Crippen molar-refractivity contribution < 1.29 is 9.13 Å². The first kappa shape index (κ1) is 14.5. The minimum Gasteiger partial charge on any atom is -0.495 e. The van der Waals surface area contributed by atoms with E-state index in [2.05, 4.69) is 0 Å². The molecule has 2 aromatic rings. The van der Waals surface area contributed by atoms with Gasteiger partial charge < -0.3 is 15.4 Å². The summed E-state index contributed by atoms with van der Waals surface area (Å²) in [7, 11) is 3.30. The van der Waals surface area contributed by atoms with E-state index in [0.29, 0.717) is 23.0 Å². The maximum atomic E-state index is 14.0. The van der Waals surface area contributed by atoms with E-state index in [1.807, 2.05) is 18.2 Å². The van der Waals surface area contributed by atoms with Crippen LogP contribution in [0.1, 0.15) is 5.56 Å². The fraction of sp³-hybridized carbons (Fsp3) is 0.200. The Morgan fingerprint density at radius 1 is 1.30 bits per heavy atom. The predicted molar refractivity (Wildman–Crippen MR) is 80.9 cm³/mol. The highest BCUT2D eigenvalue weighted by molar-refractivity contribution is 6.30. The molecule has 0 radical (unpaired) electrons. The zero-order valence-corrected chi connectivity index (χ0v) is 12.1. The predicted octanol–water partition coefficient (Wildman–Crippen LogP) is 3.71. The van der Waals surface area contributed by atoms with Crippen LogP contribution in [0, 0.1) is 5.82 Å². The number of hydrogen-bond acceptors (Lipinski definition) is 3. The van der Waals surface area contributed by atoms with Crippen LogP contribution in [-0.4, -0.2) is 14.2 Å². The molecule has 0 atom stereocenters. The number of rotatable bonds is 4. The van der Waals surface area contributed by atoms with Crippen molar-refractivity contribution in [3.8, 4) is 5.75 Å². The van der Waals surface area contributed by atoms with E-state index in [1.54, 1.807) is 24.1 Å². The Bertz CT molecular complexity index is 619. The van der Waals surface area contributed by atoms with Crippen LogP contribution in [0.4, 0.5) is 15.8 Å². The second-order valence-corrected chi connectivity index (χ2v) is 4.97. The molecule has 0 saturated heterocycles. The van der Waals surface area contributed by atoms with Gasteiger partial charge in [-0.25, -0.2) is 4.39 Å². The summed E-state index contributed by atoms with van der Waals surface area (Å²) in [5.41, 5.74) is 7.38. The second-order valence-electron chi connectivity index (χ2n) is 4.53. The summed E-state index contributed by atoms with van der Waals surface area (Å²) in [6.07, 6.45) is 0. The Balaban J connectivity index is 2.27. The van der Waals surface area contributed by atoms with Crippen LogP contribution >= 0.6 is 11.6 Å². The average molecular weight is 295 g/mol. The van der Waals surface area contributed by atoms with Crippen LogP contribution < -0.4 is 15.4 Å². The number of hydrogen-bond donors (Lipinski definition) is 1. The van der Waals surface area contributed by atoms with Crippen molar-refractivity contribution >= 4 is 23.0 Å². The summed E-state index contributed by atoms with van der Waals surface area (Å²) in [5, 5.41) is 0.659. The number of methoxy groups -OCH3 is 1. The first-order valence-corrected chi connectivity index (χ1v) is 6.47. The van der Waals surface area contributed by atoms with Gasteiger partial charge in [-0.1, -0.05) is 23.7 Å². The summed E-state index contributed by atoms with van der Waals surface area (Å²) in [6.45, 7) is 0.532. The lowest BCUT2D eigenvalue weighted by atomic mass is 10.2. The molecular weight excluding hydrogens is 279 g/mol. The number of nitrogens with two attached hydrogens (primary N) is 1. The minimum absolute atomic E-state index is 0.282. The molecule has 0 aliphatic rings. The second kappa shape index (κ2) is 6.01. The molecule has 0 aromatic heterocycles. The topological polar surface area (TPSA) is 38.5 Å². The molecule has 0 heterocycles. The molecule has 5 heteroatoms. The fourth-order valence-electron chi connectivity index (χ4n) is 2.02. The van der Waals surface area contributed by atoms with Crippen LogP contribution in [0.25, 0.3) is 0 Å². The van der Waals surface area contributed by atoms with Gasteiger partial charge in [0.1, 0.15) is 11.6 Å². The number of nitrogen functional groups attached to an aromatic ring is 1. The molecular formula is C15H16ClFN2O. The van der Waals surface area contributed by atoms with E-state index < -0.39 is 0 Å². The molecule has 3 nitrogen and oxygen atoms in total. The van der Waals surface area contributed by atoms with Gasteiger partial charge in [0.2, 0.25) is 0 Å². The molecule has 106 valence electrons. The zero-order valence-electron chi connectivity index (χ0n) is 11.4. The first-order valence-electron chi connectivity index (χ1n) is 6.10. The smallest absolute Gasteiger partial charge is 0.148 e. The minimum atomic E-state index is -0.382. The molecule has 0 aliphatic heterocycles. The molecule has 2 rings (SSSR count). The van der Waals surface area contributed by atoms with E-state index in [9.17, 15) is 4.39 Å². The normalized spacial score (nSPS) is 10.4. The van der Waals surface area contributed by atoms with Gasteiger partial charge in [-0.15, -0.1) is 0 Å². The number of halogens is 2. The van der Waals surface area contributed by atoms with Gasteiger partial charge in [0.15, 0.2) is 0 Å². The highest BCUT2D eigenvalue weighted by Crippen LogP contribution is 2.30. The van der Waals surface area contributed by atoms with Crippen LogP contribution in [0.3, 0.4) is 0 Å². The van der Waals surface area contributed by atoms with Crippen molar-refractivity contribution in [2.24, 2.45) is 0 Å². The summed E-state index contributed by atoms with van der Waals surface area (Å²) in [4.78, 5) is 1.78. The molecule has 0 amide bonds. The van der Waals surface area contributed by atoms with Crippen LogP contribution in [0.15, 0.2) is 36.4 Å². The largest absolute Gasteiger partial charge is 0.495 e. The molecule has 0 saturated carbocycles. The zero-order chi connectivity index (χ0) is 14.7. The monoisotopic (exact) mass is 294 g/mol. The third-order valence-electron chi connectivity index (χ3n) is 3.02. The molecule has 0 bridgehead atoms. The summed E-state index contributed by atoms with van der Waals surface area (Å²) < 4.78 is 19.1. The van der Waals surface area contributed by atoms with Gasteiger partial charge in [0, 0.05) is 30.7 Å². The van der Waals surface area contributed by atoms with Crippen molar-refractivity contribution in [2.45, 2.75) is 6.54 Å². The SMILES string of the molecule is COc1cc(N(C)Cc2cccc(Cl)c2)c(F)cc1N. The number of ether oxygens (including phenoxy) is 1. The fourth-order valence-corrected chi connectivity index (χ4v) is 2.23. The molecule has 0 aliphatic carbocycles. The van der Waals surface area contributed by atoms with Gasteiger partial charge in [-0.05, 0) is 17.7 Å². The van der Waals surface area contributed by atoms with Gasteiger partial charge >= 0.3 is 0 Å². The maximum Gasteiger partial charge on any atom is 0.148 e. The lowest BCUT2D eigenvalue weighted by Crippen LogP contribution is -2.18. The molecule has 20 heavy (non-hydrogen) atoms. The third-order valence-corrected chi connectivity index (χ3v) is 3.25. The molecule has 0 unspecified atom stereocenters. The molecule has 2 N–H and O–H groups in total. The van der Waals surface area contributed by atoms with Crippen LogP contribution in [0.5, 0.6) is 5.75 Å². The van der Waals surface area contributed by atoms with E-state index in [4.69, 9.17) is 22.1 Å². The van der Waals surface area contributed by atoms with E-state index in [0.717, 1.165) is 5.56 Å². The standard InChI is InChI=1S/C15H16ClFN2O/c1-19(9-10-4-3-5-11(16)6-10)14-8-15(20-2)13(18)7-12(14)17/h3-8H,9,18H2,1-2H3. The maximum absolute atomic E-state index is 14.0. The third kappa shape index (κ3) is 3.14. The van der Waals surface area contributed by atoms with Gasteiger partial charge in [0.05, 0.1) is 18.5 Å². The Hall–Kier alpha value is -1.94. The van der Waals surface area contributed by atoms with E-state index >= 15 is 0 Å². The Morgan fingerprint density at radius 2 is 2.05 bits per heavy atom. The molecule has 0 spiro atoms. The Morgan fingerprint density at radius 3 is 2.70 bits per heavy atom.